The first kappa shape index (κ1) is 43.3. The number of fused-ring (bicyclic) bond motifs is 8. The molecule has 15 rings (SSSR count). The lowest BCUT2D eigenvalue weighted by atomic mass is 9.87. The molecule has 0 spiro atoms. The maximum atomic E-state index is 5.66. The first-order chi connectivity index (χ1) is 37.7. The van der Waals surface area contributed by atoms with Crippen LogP contribution in [0.1, 0.15) is 0 Å². The normalized spacial score (nSPS) is 11.7. The quantitative estimate of drug-likeness (QED) is 0.112. The van der Waals surface area contributed by atoms with Crippen molar-refractivity contribution in [2.75, 3.05) is 0 Å². The van der Waals surface area contributed by atoms with Gasteiger partial charge in [0.05, 0.1) is 56.2 Å². The molecule has 15 aromatic rings. The summed E-state index contributed by atoms with van der Waals surface area (Å²) in [7, 11) is 0. The van der Waals surface area contributed by atoms with Crippen LogP contribution in [-0.2, 0) is 0 Å². The Kier molecular flexibility index (Phi) is 10.1. The molecule has 0 fully saturated rings. The minimum Gasteiger partial charge on any atom is -0.309 e. The van der Waals surface area contributed by atoms with Crippen molar-refractivity contribution in [2.45, 2.75) is 0 Å². The van der Waals surface area contributed by atoms with E-state index in [-0.39, 0.29) is 0 Å². The van der Waals surface area contributed by atoms with Crippen molar-refractivity contribution in [3.63, 3.8) is 0 Å². The number of hydrogen-bond acceptors (Lipinski definition) is 4. The lowest BCUT2D eigenvalue weighted by Gasteiger charge is -2.21. The average molecular weight is 969 g/mol. The van der Waals surface area contributed by atoms with Crippen molar-refractivity contribution in [2.24, 2.45) is 0 Å². The molecule has 6 aromatic heterocycles. The Hall–Kier alpha value is -10.3. The van der Waals surface area contributed by atoms with Crippen LogP contribution in [0.2, 0.25) is 0 Å². The summed E-state index contributed by atoms with van der Waals surface area (Å²) >= 11 is 0. The second-order valence-corrected chi connectivity index (χ2v) is 19.4. The van der Waals surface area contributed by atoms with E-state index in [4.69, 9.17) is 19.9 Å². The first-order valence-corrected chi connectivity index (χ1v) is 25.7. The molecule has 0 N–H and O–H groups in total. The Morgan fingerprint density at radius 3 is 0.934 bits per heavy atom. The van der Waals surface area contributed by atoms with Crippen LogP contribution in [0.5, 0.6) is 0 Å². The highest BCUT2D eigenvalue weighted by Crippen LogP contribution is 2.47. The van der Waals surface area contributed by atoms with Crippen molar-refractivity contribution in [3.05, 3.63) is 267 Å². The number of pyridine rings is 4. The number of nitrogens with zero attached hydrogens (tertiary/aromatic N) is 6. The molecule has 9 aromatic carbocycles. The number of rotatable bonds is 8. The van der Waals surface area contributed by atoms with Gasteiger partial charge in [-0.25, -0.2) is 9.97 Å². The van der Waals surface area contributed by atoms with Gasteiger partial charge in [0.2, 0.25) is 0 Å². The van der Waals surface area contributed by atoms with Crippen molar-refractivity contribution < 1.29 is 0 Å². The van der Waals surface area contributed by atoms with Crippen LogP contribution in [0.15, 0.2) is 267 Å². The molecular weight excluding hydrogens is 925 g/mol. The Morgan fingerprint density at radius 2 is 0.579 bits per heavy atom. The van der Waals surface area contributed by atoms with E-state index >= 15 is 0 Å². The molecular formula is C70H44N6. The van der Waals surface area contributed by atoms with Crippen LogP contribution in [0.25, 0.3) is 144 Å². The van der Waals surface area contributed by atoms with E-state index in [2.05, 4.69) is 252 Å². The minimum absolute atomic E-state index is 0.855. The summed E-state index contributed by atoms with van der Waals surface area (Å²) in [6.07, 6.45) is 3.72. The summed E-state index contributed by atoms with van der Waals surface area (Å²) in [5.41, 5.74) is 18.2. The molecule has 0 aliphatic carbocycles. The van der Waals surface area contributed by atoms with Gasteiger partial charge >= 0.3 is 0 Å². The smallest absolute Gasteiger partial charge is 0.0972 e. The third kappa shape index (κ3) is 7.11. The van der Waals surface area contributed by atoms with Gasteiger partial charge in [0.25, 0.3) is 0 Å². The monoisotopic (exact) mass is 968 g/mol. The zero-order chi connectivity index (χ0) is 50.1. The molecule has 6 heteroatoms. The van der Waals surface area contributed by atoms with Crippen LogP contribution in [-0.4, -0.2) is 29.1 Å². The van der Waals surface area contributed by atoms with Gasteiger partial charge in [-0.15, -0.1) is 0 Å². The predicted molar refractivity (Wildman–Crippen MR) is 314 cm³/mol. The van der Waals surface area contributed by atoms with Gasteiger partial charge in [0, 0.05) is 56.4 Å². The van der Waals surface area contributed by atoms with E-state index in [0.717, 1.165) is 144 Å². The van der Waals surface area contributed by atoms with Gasteiger partial charge in [-0.3, -0.25) is 9.97 Å². The van der Waals surface area contributed by atoms with Crippen LogP contribution >= 0.6 is 0 Å². The number of benzene rings is 9. The van der Waals surface area contributed by atoms with Crippen LogP contribution < -0.4 is 0 Å². The van der Waals surface area contributed by atoms with Crippen LogP contribution in [0.4, 0.5) is 0 Å². The number of aromatic nitrogens is 6. The molecule has 0 unspecified atom stereocenters. The Labute approximate surface area is 438 Å². The summed E-state index contributed by atoms with van der Waals surface area (Å²) in [4.78, 5) is 21.1. The van der Waals surface area contributed by atoms with E-state index in [1.165, 1.54) is 0 Å². The highest BCUT2D eigenvalue weighted by atomic mass is 15.0. The molecule has 0 amide bonds. The zero-order valence-corrected chi connectivity index (χ0v) is 41.1. The summed E-state index contributed by atoms with van der Waals surface area (Å²) in [6.45, 7) is 0. The van der Waals surface area contributed by atoms with Crippen LogP contribution in [0.3, 0.4) is 0 Å². The van der Waals surface area contributed by atoms with Gasteiger partial charge < -0.3 is 9.13 Å². The Bertz CT molecular complexity index is 4320. The molecule has 6 heterocycles. The molecule has 0 aliphatic rings. The topological polar surface area (TPSA) is 61.4 Å². The van der Waals surface area contributed by atoms with Gasteiger partial charge in [-0.2, -0.15) is 0 Å². The Morgan fingerprint density at radius 1 is 0.250 bits per heavy atom. The molecule has 76 heavy (non-hydrogen) atoms. The van der Waals surface area contributed by atoms with Crippen molar-refractivity contribution in [3.8, 4) is 78.9 Å². The van der Waals surface area contributed by atoms with Gasteiger partial charge in [-0.1, -0.05) is 182 Å². The van der Waals surface area contributed by atoms with E-state index < -0.39 is 0 Å². The molecule has 6 nitrogen and oxygen atoms in total. The zero-order valence-electron chi connectivity index (χ0n) is 41.1. The molecule has 0 radical (unpaired) electrons. The summed E-state index contributed by atoms with van der Waals surface area (Å²) in [5.74, 6) is 0. The lowest BCUT2D eigenvalue weighted by Crippen LogP contribution is -2.02. The predicted octanol–water partition coefficient (Wildman–Crippen LogP) is 17.8. The summed E-state index contributed by atoms with van der Waals surface area (Å²) < 4.78 is 4.81. The minimum atomic E-state index is 0.855. The van der Waals surface area contributed by atoms with E-state index in [1.54, 1.807) is 0 Å². The largest absolute Gasteiger partial charge is 0.309 e. The summed E-state index contributed by atoms with van der Waals surface area (Å²) in [6, 6.07) is 91.1. The Balaban J connectivity index is 1.09. The fraction of sp³-hybridized carbons (Fsp3) is 0. The standard InChI is InChI=1S/C70H44N6/c1-5-15-45(16-6-1)61-37-38-62(46-17-7-2-8-18-46)75(61)53-31-33-55-57(43-53)65(59-35-29-51-27-25-49-23-13-41-71-67(49)69(51)73-59)56-34-32-54(76-63(47-19-9-3-10-20-47)39-40-64(76)48-21-11-4-12-22-48)44-58(56)66(55)60-36-30-52-28-26-50-24-14-42-72-68(50)70(52)74-60/h1-44H. The second-order valence-electron chi connectivity index (χ2n) is 19.4. The van der Waals surface area contributed by atoms with Gasteiger partial charge in [-0.05, 0) is 117 Å². The lowest BCUT2D eigenvalue weighted by molar-refractivity contribution is 1.10. The van der Waals surface area contributed by atoms with Gasteiger partial charge in [0.1, 0.15) is 0 Å². The third-order valence-electron chi connectivity index (χ3n) is 15.0. The van der Waals surface area contributed by atoms with E-state index in [1.807, 2.05) is 24.5 Å². The maximum absolute atomic E-state index is 5.66. The van der Waals surface area contributed by atoms with Gasteiger partial charge in [0.15, 0.2) is 0 Å². The second kappa shape index (κ2) is 17.7. The fourth-order valence-electron chi connectivity index (χ4n) is 11.5. The maximum Gasteiger partial charge on any atom is 0.0972 e. The SMILES string of the molecule is c1ccc(-c2ccc(-c3ccccc3)n2-c2ccc3c(-c4ccc5ccc6cccnc6c5n4)c4cc(-n5c(-c6ccccc6)ccc5-c5ccccc5)ccc4c(-c4ccc5ccc6cccnc6c5n4)c3c2)cc1. The average Bonchev–Trinajstić information content (AvgIpc) is 4.19. The third-order valence-corrected chi connectivity index (χ3v) is 15.0. The van der Waals surface area contributed by atoms with E-state index in [9.17, 15) is 0 Å². The van der Waals surface area contributed by atoms with Crippen LogP contribution in [0, 0.1) is 0 Å². The van der Waals surface area contributed by atoms with Crippen molar-refractivity contribution >= 4 is 65.2 Å². The highest BCUT2D eigenvalue weighted by molar-refractivity contribution is 6.22. The highest BCUT2D eigenvalue weighted by Gasteiger charge is 2.24. The molecule has 0 atom stereocenters. The molecule has 354 valence electrons. The van der Waals surface area contributed by atoms with Crippen molar-refractivity contribution in [1.29, 1.82) is 0 Å². The first-order valence-electron chi connectivity index (χ1n) is 25.7. The molecule has 0 saturated carbocycles. The fourth-order valence-corrected chi connectivity index (χ4v) is 11.5. The van der Waals surface area contributed by atoms with Crippen molar-refractivity contribution in [1.82, 2.24) is 29.1 Å². The molecule has 0 saturated heterocycles. The summed E-state index contributed by atoms with van der Waals surface area (Å²) in [5, 5.41) is 8.36. The molecule has 0 bridgehead atoms. The molecule has 0 aliphatic heterocycles. The number of hydrogen-bond donors (Lipinski definition) is 0. The van der Waals surface area contributed by atoms with E-state index in [0.29, 0.717) is 0 Å².